The van der Waals surface area contributed by atoms with Gasteiger partial charge in [0.05, 0.1) is 27.9 Å². The summed E-state index contributed by atoms with van der Waals surface area (Å²) in [4.78, 5) is 53.6. The van der Waals surface area contributed by atoms with Crippen molar-refractivity contribution in [3.05, 3.63) is 98.1 Å². The molecule has 0 saturated heterocycles. The number of benzene rings is 3. The molecule has 9 heteroatoms. The van der Waals surface area contributed by atoms with E-state index in [4.69, 9.17) is 0 Å². The zero-order valence-electron chi connectivity index (χ0n) is 22.2. The molecule has 2 aliphatic rings. The van der Waals surface area contributed by atoms with Gasteiger partial charge in [0, 0.05) is 7.05 Å². The van der Waals surface area contributed by atoms with Crippen LogP contribution >= 0.6 is 0 Å². The zero-order valence-corrected chi connectivity index (χ0v) is 22.2. The predicted molar refractivity (Wildman–Crippen MR) is 138 cm³/mol. The molecule has 0 saturated carbocycles. The van der Waals surface area contributed by atoms with Crippen LogP contribution in [0.2, 0.25) is 0 Å². The van der Waals surface area contributed by atoms with Crippen LogP contribution in [-0.4, -0.2) is 41.8 Å². The summed E-state index contributed by atoms with van der Waals surface area (Å²) in [6.45, 7) is 8.34. The van der Waals surface area contributed by atoms with Crippen LogP contribution in [0.4, 0.5) is 18.9 Å². The summed E-state index contributed by atoms with van der Waals surface area (Å²) in [7, 11) is 1.27. The maximum atomic E-state index is 14.8. The molecule has 1 unspecified atom stereocenters. The first-order valence-corrected chi connectivity index (χ1v) is 12.3. The van der Waals surface area contributed by atoms with Gasteiger partial charge in [-0.15, -0.1) is 0 Å². The fraction of sp³-hybridized carbons (Fsp3) is 0.267. The van der Waals surface area contributed by atoms with Gasteiger partial charge in [0.15, 0.2) is 0 Å². The Morgan fingerprint density at radius 1 is 0.615 bits per heavy atom. The van der Waals surface area contributed by atoms with Crippen molar-refractivity contribution < 1.29 is 32.3 Å². The maximum Gasteiger partial charge on any atom is 0.402 e. The van der Waals surface area contributed by atoms with E-state index in [1.165, 1.54) is 31.3 Å². The highest BCUT2D eigenvalue weighted by Crippen LogP contribution is 2.48. The first-order valence-electron chi connectivity index (χ1n) is 12.3. The molecule has 0 bridgehead atoms. The molecule has 0 N–H and O–H groups in total. The van der Waals surface area contributed by atoms with Crippen molar-refractivity contribution in [3.8, 4) is 0 Å². The standard InChI is InChI=1S/C30H25F3N2O4/c1-14-11-15(2)24(17(4)16(14)3)35-27(38)21-10-8-19(13-23(21)28(35)39)29(5,30(31,32)33)18-7-9-20-22(12-18)26(37)34(6)25(20)36/h7-13H,1-6H3. The Morgan fingerprint density at radius 2 is 1.08 bits per heavy atom. The highest BCUT2D eigenvalue weighted by molar-refractivity contribution is 6.35. The van der Waals surface area contributed by atoms with Crippen LogP contribution in [0.25, 0.3) is 0 Å². The van der Waals surface area contributed by atoms with Gasteiger partial charge < -0.3 is 0 Å². The third kappa shape index (κ3) is 3.48. The van der Waals surface area contributed by atoms with Gasteiger partial charge in [-0.25, -0.2) is 4.90 Å². The Morgan fingerprint density at radius 3 is 1.62 bits per heavy atom. The predicted octanol–water partition coefficient (Wildman–Crippen LogP) is 5.81. The van der Waals surface area contributed by atoms with E-state index in [0.29, 0.717) is 11.3 Å². The van der Waals surface area contributed by atoms with Crippen molar-refractivity contribution in [2.75, 3.05) is 11.9 Å². The molecule has 0 fully saturated rings. The lowest BCUT2D eigenvalue weighted by Gasteiger charge is -2.33. The summed E-state index contributed by atoms with van der Waals surface area (Å²) in [6, 6.07) is 8.88. The lowest BCUT2D eigenvalue weighted by molar-refractivity contribution is -0.173. The van der Waals surface area contributed by atoms with Crippen LogP contribution in [0.15, 0.2) is 42.5 Å². The van der Waals surface area contributed by atoms with Gasteiger partial charge in [-0.1, -0.05) is 18.2 Å². The fourth-order valence-electron chi connectivity index (χ4n) is 5.54. The third-order valence-electron chi connectivity index (χ3n) is 8.24. The highest BCUT2D eigenvalue weighted by Gasteiger charge is 2.55. The molecule has 3 aromatic rings. The van der Waals surface area contributed by atoms with Gasteiger partial charge in [0.25, 0.3) is 23.6 Å². The molecule has 0 spiro atoms. The molecule has 2 aliphatic heterocycles. The number of imide groups is 2. The van der Waals surface area contributed by atoms with Crippen molar-refractivity contribution in [1.29, 1.82) is 0 Å². The van der Waals surface area contributed by atoms with Crippen molar-refractivity contribution >= 4 is 29.3 Å². The van der Waals surface area contributed by atoms with Crippen LogP contribution in [0.5, 0.6) is 0 Å². The van der Waals surface area contributed by atoms with Crippen LogP contribution < -0.4 is 4.90 Å². The summed E-state index contributed by atoms with van der Waals surface area (Å²) in [5, 5.41) is 0. The molecule has 0 radical (unpaired) electrons. The lowest BCUT2D eigenvalue weighted by atomic mass is 9.74. The normalized spacial score (nSPS) is 16.6. The van der Waals surface area contributed by atoms with E-state index in [1.54, 1.807) is 13.8 Å². The van der Waals surface area contributed by atoms with E-state index in [2.05, 4.69) is 0 Å². The first kappa shape index (κ1) is 26.3. The number of carbonyl (C=O) groups excluding carboxylic acids is 4. The molecule has 2 heterocycles. The SMILES string of the molecule is Cc1cc(C)c(N2C(=O)c3ccc(C(C)(c4ccc5c(c4)C(=O)N(C)C5=O)C(F)(F)F)cc3C2=O)c(C)c1C. The quantitative estimate of drug-likeness (QED) is 0.397. The largest absolute Gasteiger partial charge is 0.402 e. The number of hydrogen-bond donors (Lipinski definition) is 0. The first-order chi connectivity index (χ1) is 18.1. The Balaban J connectivity index is 1.66. The summed E-state index contributed by atoms with van der Waals surface area (Å²) < 4.78 is 44.4. The second kappa shape index (κ2) is 8.36. The summed E-state index contributed by atoms with van der Waals surface area (Å²) in [5.41, 5.74) is 0.392. The number of amides is 4. The Kier molecular flexibility index (Phi) is 5.65. The molecular formula is C30H25F3N2O4. The number of nitrogens with zero attached hydrogens (tertiary/aromatic N) is 2. The van der Waals surface area contributed by atoms with Gasteiger partial charge in [-0.3, -0.25) is 24.1 Å². The maximum absolute atomic E-state index is 14.8. The monoisotopic (exact) mass is 534 g/mol. The van der Waals surface area contributed by atoms with Gasteiger partial charge in [-0.05, 0) is 92.3 Å². The summed E-state index contributed by atoms with van der Waals surface area (Å²) in [5.74, 6) is -2.58. The minimum absolute atomic E-state index is 0.0154. The van der Waals surface area contributed by atoms with E-state index >= 15 is 0 Å². The van der Waals surface area contributed by atoms with Crippen LogP contribution in [0.3, 0.4) is 0 Å². The second-order valence-electron chi connectivity index (χ2n) is 10.4. The average molecular weight is 535 g/mol. The molecule has 6 nitrogen and oxygen atoms in total. The van der Waals surface area contributed by atoms with Gasteiger partial charge in [-0.2, -0.15) is 13.2 Å². The molecule has 4 amide bonds. The van der Waals surface area contributed by atoms with E-state index in [0.717, 1.165) is 45.5 Å². The number of aryl methyl sites for hydroxylation is 2. The Bertz CT molecular complexity index is 1660. The number of hydrogen-bond acceptors (Lipinski definition) is 4. The van der Waals surface area contributed by atoms with E-state index in [1.807, 2.05) is 19.9 Å². The van der Waals surface area contributed by atoms with Gasteiger partial charge in [0.2, 0.25) is 0 Å². The average Bonchev–Trinajstić information content (AvgIpc) is 3.25. The number of anilines is 1. The Labute approximate surface area is 223 Å². The third-order valence-corrected chi connectivity index (χ3v) is 8.24. The van der Waals surface area contributed by atoms with Crippen molar-refractivity contribution in [3.63, 3.8) is 0 Å². The molecule has 39 heavy (non-hydrogen) atoms. The smallest absolute Gasteiger partial charge is 0.277 e. The summed E-state index contributed by atoms with van der Waals surface area (Å²) >= 11 is 0. The van der Waals surface area contributed by atoms with Crippen molar-refractivity contribution in [2.24, 2.45) is 0 Å². The van der Waals surface area contributed by atoms with Crippen LogP contribution in [0.1, 0.15) is 81.7 Å². The highest BCUT2D eigenvalue weighted by atomic mass is 19.4. The number of rotatable bonds is 3. The summed E-state index contributed by atoms with van der Waals surface area (Å²) in [6.07, 6.45) is -4.85. The van der Waals surface area contributed by atoms with Gasteiger partial charge in [0.1, 0.15) is 5.41 Å². The molecule has 3 aromatic carbocycles. The Hall–Kier alpha value is -4.27. The minimum atomic E-state index is -4.85. The second-order valence-corrected chi connectivity index (χ2v) is 10.4. The minimum Gasteiger partial charge on any atom is -0.277 e. The molecule has 0 aliphatic carbocycles. The molecule has 1 atom stereocenters. The van der Waals surface area contributed by atoms with E-state index < -0.39 is 35.2 Å². The molecule has 200 valence electrons. The molecular weight excluding hydrogens is 509 g/mol. The zero-order chi connectivity index (χ0) is 28.8. The molecule has 5 rings (SSSR count). The lowest BCUT2D eigenvalue weighted by Crippen LogP contribution is -2.41. The van der Waals surface area contributed by atoms with E-state index in [9.17, 15) is 32.3 Å². The topological polar surface area (TPSA) is 74.8 Å². The number of carbonyl (C=O) groups is 4. The molecule has 0 aromatic heterocycles. The number of alkyl halides is 3. The van der Waals surface area contributed by atoms with Crippen molar-refractivity contribution in [1.82, 2.24) is 4.90 Å². The van der Waals surface area contributed by atoms with Crippen LogP contribution in [-0.2, 0) is 5.41 Å². The van der Waals surface area contributed by atoms with Gasteiger partial charge >= 0.3 is 6.18 Å². The fourth-order valence-corrected chi connectivity index (χ4v) is 5.54. The number of halogens is 3. The van der Waals surface area contributed by atoms with Crippen molar-refractivity contribution in [2.45, 2.75) is 46.2 Å². The van der Waals surface area contributed by atoms with Crippen LogP contribution in [0, 0.1) is 27.7 Å². The number of fused-ring (bicyclic) bond motifs is 2. The van der Waals surface area contributed by atoms with E-state index in [-0.39, 0.29) is 33.4 Å².